The maximum atomic E-state index is 6.73. The lowest BCUT2D eigenvalue weighted by molar-refractivity contribution is 0.881. The van der Waals surface area contributed by atoms with Crippen molar-refractivity contribution in [1.29, 1.82) is 0 Å². The molecule has 3 atom stereocenters. The number of benzene rings is 5. The fourth-order valence-corrected chi connectivity index (χ4v) is 7.19. The molecule has 2 heterocycles. The minimum Gasteiger partial charge on any atom is -0.354 e. The Labute approximate surface area is 282 Å². The van der Waals surface area contributed by atoms with Crippen molar-refractivity contribution in [2.75, 3.05) is 0 Å². The molecule has 1 aliphatic carbocycles. The minimum atomic E-state index is -0.182. The molecule has 2 aliphatic heterocycles. The third-order valence-corrected chi connectivity index (χ3v) is 9.43. The molecule has 3 aliphatic rings. The highest BCUT2D eigenvalue weighted by Gasteiger charge is 2.29. The Morgan fingerprint density at radius 3 is 1.98 bits per heavy atom. The molecule has 0 saturated heterocycles. The van der Waals surface area contributed by atoms with E-state index in [0.29, 0.717) is 0 Å². The summed E-state index contributed by atoms with van der Waals surface area (Å²) in [5.74, 6) is 0.198. The Balaban J connectivity index is 1.28. The molecule has 0 amide bonds. The maximum Gasteiger partial charge on any atom is 0.101 e. The standard InChI is InChI=1S/C45H37N3/c1-30(46)41(32-17-7-3-8-18-32)45-38-23-13-12-22-37(38)42(44(48-45)34-19-9-4-10-20-34)33-25-27-35(28-26-33)43-39(31-15-5-2-6-16-31)29-36-21-11-14-24-40(36)47-43/h2-30,36,43,48H,46H2,1H3/b45-41+. The van der Waals surface area contributed by atoms with Gasteiger partial charge in [-0.05, 0) is 57.5 Å². The zero-order chi connectivity index (χ0) is 32.5. The van der Waals surface area contributed by atoms with Gasteiger partial charge in [-0.2, -0.15) is 0 Å². The van der Waals surface area contributed by atoms with Gasteiger partial charge in [0, 0.05) is 28.8 Å². The summed E-state index contributed by atoms with van der Waals surface area (Å²) in [5, 5.41) is 3.93. The topological polar surface area (TPSA) is 50.4 Å². The summed E-state index contributed by atoms with van der Waals surface area (Å²) >= 11 is 0. The lowest BCUT2D eigenvalue weighted by Crippen LogP contribution is -2.26. The van der Waals surface area contributed by atoms with Crippen molar-refractivity contribution in [1.82, 2.24) is 5.32 Å². The van der Waals surface area contributed by atoms with E-state index in [1.165, 1.54) is 27.8 Å². The van der Waals surface area contributed by atoms with Gasteiger partial charge >= 0.3 is 0 Å². The summed E-state index contributed by atoms with van der Waals surface area (Å²) in [5.41, 5.74) is 21.5. The van der Waals surface area contributed by atoms with Crippen LogP contribution in [0.3, 0.4) is 0 Å². The Morgan fingerprint density at radius 1 is 0.667 bits per heavy atom. The van der Waals surface area contributed by atoms with Crippen LogP contribution in [0.2, 0.25) is 0 Å². The van der Waals surface area contributed by atoms with E-state index in [1.54, 1.807) is 0 Å². The molecular weight excluding hydrogens is 583 g/mol. The first-order chi connectivity index (χ1) is 23.7. The highest BCUT2D eigenvalue weighted by molar-refractivity contribution is 6.10. The quantitative estimate of drug-likeness (QED) is 0.199. The molecule has 3 nitrogen and oxygen atoms in total. The number of aliphatic imine (C=N–C) groups is 1. The van der Waals surface area contributed by atoms with E-state index < -0.39 is 0 Å². The molecule has 232 valence electrons. The van der Waals surface area contributed by atoms with Crippen molar-refractivity contribution >= 4 is 33.8 Å². The second-order valence-corrected chi connectivity index (χ2v) is 12.6. The predicted octanol–water partition coefficient (Wildman–Crippen LogP) is 9.74. The van der Waals surface area contributed by atoms with Gasteiger partial charge in [-0.1, -0.05) is 164 Å². The van der Waals surface area contributed by atoms with Crippen LogP contribution >= 0.6 is 0 Å². The number of dihydropyridines is 1. The Morgan fingerprint density at radius 2 is 1.29 bits per heavy atom. The van der Waals surface area contributed by atoms with Crippen molar-refractivity contribution in [2.24, 2.45) is 16.6 Å². The van der Waals surface area contributed by atoms with Gasteiger partial charge in [-0.25, -0.2) is 0 Å². The van der Waals surface area contributed by atoms with Crippen LogP contribution in [0.4, 0.5) is 0 Å². The highest BCUT2D eigenvalue weighted by atomic mass is 14.9. The van der Waals surface area contributed by atoms with E-state index in [4.69, 9.17) is 10.7 Å². The van der Waals surface area contributed by atoms with Crippen LogP contribution in [0, 0.1) is 5.92 Å². The zero-order valence-electron chi connectivity index (χ0n) is 26.9. The summed E-state index contributed by atoms with van der Waals surface area (Å²) in [6.07, 6.45) is 10.9. The van der Waals surface area contributed by atoms with Gasteiger partial charge in [0.05, 0.1) is 11.4 Å². The monoisotopic (exact) mass is 619 g/mol. The fraction of sp³-hybridized carbons (Fsp3) is 0.0889. The van der Waals surface area contributed by atoms with Gasteiger partial charge in [0.25, 0.3) is 0 Å². The largest absolute Gasteiger partial charge is 0.354 e. The Hall–Kier alpha value is -5.77. The molecule has 8 rings (SSSR count). The van der Waals surface area contributed by atoms with Crippen molar-refractivity contribution in [3.63, 3.8) is 0 Å². The first kappa shape index (κ1) is 29.6. The van der Waals surface area contributed by atoms with Crippen LogP contribution in [0.25, 0.3) is 28.1 Å². The van der Waals surface area contributed by atoms with E-state index in [2.05, 4.69) is 176 Å². The number of fused-ring (bicyclic) bond motifs is 2. The van der Waals surface area contributed by atoms with Crippen molar-refractivity contribution in [3.8, 4) is 0 Å². The number of nitrogens with one attached hydrogen (secondary N) is 1. The molecule has 0 saturated carbocycles. The molecule has 0 spiro atoms. The van der Waals surface area contributed by atoms with Crippen LogP contribution in [0.5, 0.6) is 0 Å². The van der Waals surface area contributed by atoms with E-state index in [0.717, 1.165) is 44.9 Å². The van der Waals surface area contributed by atoms with Gasteiger partial charge in [0.15, 0.2) is 0 Å². The van der Waals surface area contributed by atoms with Crippen LogP contribution in [-0.4, -0.2) is 11.8 Å². The Bertz CT molecular complexity index is 2150. The van der Waals surface area contributed by atoms with Crippen LogP contribution in [0.15, 0.2) is 175 Å². The Kier molecular flexibility index (Phi) is 7.89. The molecular formula is C45H37N3. The molecule has 0 fully saturated rings. The lowest BCUT2D eigenvalue weighted by Gasteiger charge is -2.31. The smallest absolute Gasteiger partial charge is 0.101 e. The van der Waals surface area contributed by atoms with E-state index in [1.807, 2.05) is 6.07 Å². The summed E-state index contributed by atoms with van der Waals surface area (Å²) in [6, 6.07) is 49.2. The van der Waals surface area contributed by atoms with Crippen molar-refractivity contribution in [2.45, 2.75) is 19.0 Å². The van der Waals surface area contributed by atoms with Crippen LogP contribution < -0.4 is 11.1 Å². The number of rotatable bonds is 6. The fourth-order valence-electron chi connectivity index (χ4n) is 7.19. The predicted molar refractivity (Wildman–Crippen MR) is 202 cm³/mol. The summed E-state index contributed by atoms with van der Waals surface area (Å²) in [7, 11) is 0. The number of hydrogen-bond donors (Lipinski definition) is 2. The summed E-state index contributed by atoms with van der Waals surface area (Å²) in [6.45, 7) is 2.06. The number of allylic oxidation sites excluding steroid dienone is 5. The third-order valence-electron chi connectivity index (χ3n) is 9.43. The van der Waals surface area contributed by atoms with Gasteiger partial charge in [0.2, 0.25) is 0 Å². The van der Waals surface area contributed by atoms with Gasteiger partial charge < -0.3 is 11.1 Å². The van der Waals surface area contributed by atoms with Crippen molar-refractivity contribution in [3.05, 3.63) is 209 Å². The average Bonchev–Trinajstić information content (AvgIpc) is 3.15. The first-order valence-electron chi connectivity index (χ1n) is 16.7. The molecule has 0 bridgehead atoms. The van der Waals surface area contributed by atoms with E-state index >= 15 is 0 Å². The van der Waals surface area contributed by atoms with Gasteiger partial charge in [0.1, 0.15) is 6.04 Å². The van der Waals surface area contributed by atoms with Crippen molar-refractivity contribution < 1.29 is 0 Å². The zero-order valence-corrected chi connectivity index (χ0v) is 26.9. The molecule has 3 N–H and O–H groups in total. The molecule has 3 unspecified atom stereocenters. The summed E-state index contributed by atoms with van der Waals surface area (Å²) < 4.78 is 0. The minimum absolute atomic E-state index is 0.0859. The normalized spacial score (nSPS) is 19.8. The second kappa shape index (κ2) is 12.8. The van der Waals surface area contributed by atoms with Crippen LogP contribution in [-0.2, 0) is 0 Å². The van der Waals surface area contributed by atoms with Gasteiger partial charge in [-0.15, -0.1) is 0 Å². The summed E-state index contributed by atoms with van der Waals surface area (Å²) in [4.78, 5) is 5.32. The third kappa shape index (κ3) is 5.49. The maximum absolute atomic E-state index is 6.73. The molecule has 5 aromatic carbocycles. The first-order valence-corrected chi connectivity index (χ1v) is 16.7. The SMILES string of the molecule is CC(N)/C(=C1\NC(c2ccccc2)=C(c2ccc(C3N=C4C=CC=CC4C=C3c3ccccc3)cc2)c2ccccc21)c1ccccc1. The lowest BCUT2D eigenvalue weighted by atomic mass is 9.82. The highest BCUT2D eigenvalue weighted by Crippen LogP contribution is 2.44. The van der Waals surface area contributed by atoms with Gasteiger partial charge in [-0.3, -0.25) is 4.99 Å². The molecule has 48 heavy (non-hydrogen) atoms. The van der Waals surface area contributed by atoms with Crippen LogP contribution in [0.1, 0.15) is 51.9 Å². The molecule has 3 heteroatoms. The van der Waals surface area contributed by atoms with E-state index in [9.17, 15) is 0 Å². The number of nitrogens with two attached hydrogens (primary N) is 1. The van der Waals surface area contributed by atoms with E-state index in [-0.39, 0.29) is 18.0 Å². The average molecular weight is 620 g/mol. The second-order valence-electron chi connectivity index (χ2n) is 12.6. The number of hydrogen-bond acceptors (Lipinski definition) is 3. The number of nitrogens with zero attached hydrogens (tertiary/aromatic N) is 1. The molecule has 0 aromatic heterocycles. The molecule has 0 radical (unpaired) electrons. The molecule has 5 aromatic rings.